The third-order valence-corrected chi connectivity index (χ3v) is 5.82. The van der Waals surface area contributed by atoms with Crippen molar-refractivity contribution in [3.63, 3.8) is 0 Å². The second-order valence-corrected chi connectivity index (χ2v) is 8.97. The average Bonchev–Trinajstić information content (AvgIpc) is 2.92. The van der Waals surface area contributed by atoms with Crippen LogP contribution in [0.4, 0.5) is 4.79 Å². The molecule has 2 rings (SSSR count). The van der Waals surface area contributed by atoms with E-state index in [2.05, 4.69) is 15.5 Å². The molecule has 0 fully saturated rings. The smallest absolute Gasteiger partial charge is 0.317 e. The van der Waals surface area contributed by atoms with Gasteiger partial charge in [-0.1, -0.05) is 12.1 Å². The van der Waals surface area contributed by atoms with Gasteiger partial charge in [-0.2, -0.15) is 5.10 Å². The summed E-state index contributed by atoms with van der Waals surface area (Å²) >= 11 is 0. The van der Waals surface area contributed by atoms with Crippen LogP contribution in [0, 0.1) is 13.8 Å². The van der Waals surface area contributed by atoms with Crippen molar-refractivity contribution in [2.75, 3.05) is 19.8 Å². The zero-order valence-corrected chi connectivity index (χ0v) is 17.4. The predicted molar refractivity (Wildman–Crippen MR) is 106 cm³/mol. The Kier molecular flexibility index (Phi) is 6.64. The Morgan fingerprint density at radius 1 is 1.26 bits per heavy atom. The van der Waals surface area contributed by atoms with Gasteiger partial charge in [0.25, 0.3) is 0 Å². The van der Waals surface area contributed by atoms with E-state index >= 15 is 0 Å². The van der Waals surface area contributed by atoms with Crippen molar-refractivity contribution < 1.29 is 13.2 Å². The summed E-state index contributed by atoms with van der Waals surface area (Å²) < 4.78 is 23.1. The lowest BCUT2D eigenvalue weighted by atomic mass is 10.1. The molecule has 7 nitrogen and oxygen atoms in total. The van der Waals surface area contributed by atoms with E-state index in [-0.39, 0.29) is 17.0 Å². The maximum absolute atomic E-state index is 12.4. The highest BCUT2D eigenvalue weighted by molar-refractivity contribution is 7.90. The van der Waals surface area contributed by atoms with Crippen LogP contribution >= 0.6 is 0 Å². The standard InChI is InChI=1S/C19H28N4O3S/c1-13(16-8-10-17(11-9-16)27(5,25)26)20-19(24)23(4)12-6-7-18-14(2)21-22-15(18)3/h8-11,13H,6-7,12H2,1-5H3,(H,20,24)(H,21,22)/t13-/m0/s1. The zero-order chi connectivity index (χ0) is 20.2. The Balaban J connectivity index is 1.86. The van der Waals surface area contributed by atoms with Gasteiger partial charge in [0.2, 0.25) is 0 Å². The number of aromatic nitrogens is 2. The Morgan fingerprint density at radius 3 is 2.41 bits per heavy atom. The number of rotatable bonds is 7. The summed E-state index contributed by atoms with van der Waals surface area (Å²) in [7, 11) is -1.45. The molecule has 0 aliphatic rings. The van der Waals surface area contributed by atoms with Gasteiger partial charge in [-0.3, -0.25) is 5.10 Å². The van der Waals surface area contributed by atoms with Gasteiger partial charge in [0.1, 0.15) is 0 Å². The third-order valence-electron chi connectivity index (χ3n) is 4.70. The summed E-state index contributed by atoms with van der Waals surface area (Å²) in [6.45, 7) is 6.49. The maximum Gasteiger partial charge on any atom is 0.317 e. The van der Waals surface area contributed by atoms with Crippen LogP contribution in [0.1, 0.15) is 41.9 Å². The number of urea groups is 1. The number of sulfone groups is 1. The van der Waals surface area contributed by atoms with Crippen LogP contribution in [0.15, 0.2) is 29.2 Å². The largest absolute Gasteiger partial charge is 0.331 e. The molecule has 1 atom stereocenters. The summed E-state index contributed by atoms with van der Waals surface area (Å²) in [6.07, 6.45) is 2.89. The van der Waals surface area contributed by atoms with Crippen molar-refractivity contribution in [2.24, 2.45) is 0 Å². The molecule has 0 saturated heterocycles. The molecular formula is C19H28N4O3S. The quantitative estimate of drug-likeness (QED) is 0.757. The second-order valence-electron chi connectivity index (χ2n) is 6.95. The lowest BCUT2D eigenvalue weighted by Gasteiger charge is -2.22. The fourth-order valence-corrected chi connectivity index (χ4v) is 3.55. The first-order valence-corrected chi connectivity index (χ1v) is 10.8. The van der Waals surface area contributed by atoms with Crippen LogP contribution < -0.4 is 5.32 Å². The Morgan fingerprint density at radius 2 is 1.89 bits per heavy atom. The molecule has 0 radical (unpaired) electrons. The van der Waals surface area contributed by atoms with E-state index in [4.69, 9.17) is 0 Å². The van der Waals surface area contributed by atoms with Gasteiger partial charge in [0.05, 0.1) is 16.6 Å². The van der Waals surface area contributed by atoms with Crippen molar-refractivity contribution in [1.82, 2.24) is 20.4 Å². The highest BCUT2D eigenvalue weighted by Gasteiger charge is 2.15. The molecule has 2 N–H and O–H groups in total. The fraction of sp³-hybridized carbons (Fsp3) is 0.474. The number of hydrogen-bond acceptors (Lipinski definition) is 4. The molecule has 27 heavy (non-hydrogen) atoms. The number of nitrogens with one attached hydrogen (secondary N) is 2. The summed E-state index contributed by atoms with van der Waals surface area (Å²) in [5.41, 5.74) is 4.15. The van der Waals surface area contributed by atoms with E-state index in [1.165, 1.54) is 11.8 Å². The molecule has 2 aromatic rings. The number of carbonyl (C=O) groups excluding carboxylic acids is 1. The minimum atomic E-state index is -3.22. The van der Waals surface area contributed by atoms with Crippen LogP contribution in [0.5, 0.6) is 0 Å². The number of hydrogen-bond donors (Lipinski definition) is 2. The van der Waals surface area contributed by atoms with E-state index < -0.39 is 9.84 Å². The van der Waals surface area contributed by atoms with Gasteiger partial charge in [-0.15, -0.1) is 0 Å². The third kappa shape index (κ3) is 5.56. The molecule has 1 aromatic heterocycles. The Bertz CT molecular complexity index is 869. The van der Waals surface area contributed by atoms with Crippen LogP contribution in [0.2, 0.25) is 0 Å². The number of aromatic amines is 1. The number of carbonyl (C=O) groups is 1. The highest BCUT2D eigenvalue weighted by Crippen LogP contribution is 2.17. The van der Waals surface area contributed by atoms with E-state index in [1.54, 1.807) is 36.2 Å². The second kappa shape index (κ2) is 8.56. The zero-order valence-electron chi connectivity index (χ0n) is 16.5. The van der Waals surface area contributed by atoms with E-state index in [1.807, 2.05) is 20.8 Å². The van der Waals surface area contributed by atoms with E-state index in [0.29, 0.717) is 6.54 Å². The van der Waals surface area contributed by atoms with Crippen molar-refractivity contribution in [2.45, 2.75) is 44.6 Å². The van der Waals surface area contributed by atoms with Gasteiger partial charge in [-0.05, 0) is 56.9 Å². The minimum absolute atomic E-state index is 0.157. The number of aryl methyl sites for hydroxylation is 2. The monoisotopic (exact) mass is 392 g/mol. The SMILES string of the molecule is Cc1n[nH]c(C)c1CCCN(C)C(=O)N[C@@H](C)c1ccc(S(C)(=O)=O)cc1. The summed E-state index contributed by atoms with van der Waals surface area (Å²) in [6, 6.07) is 6.21. The topological polar surface area (TPSA) is 95.2 Å². The summed E-state index contributed by atoms with van der Waals surface area (Å²) in [5, 5.41) is 10.1. The highest BCUT2D eigenvalue weighted by atomic mass is 32.2. The average molecular weight is 393 g/mol. The van der Waals surface area contributed by atoms with Crippen LogP contribution in [-0.2, 0) is 16.3 Å². The molecule has 0 unspecified atom stereocenters. The van der Waals surface area contributed by atoms with Gasteiger partial charge < -0.3 is 10.2 Å². The molecule has 0 saturated carbocycles. The molecule has 0 aliphatic carbocycles. The maximum atomic E-state index is 12.4. The molecule has 2 amide bonds. The van der Waals surface area contributed by atoms with E-state index in [9.17, 15) is 13.2 Å². The Hall–Kier alpha value is -2.35. The number of H-pyrrole nitrogens is 1. The van der Waals surface area contributed by atoms with Crippen LogP contribution in [0.25, 0.3) is 0 Å². The van der Waals surface area contributed by atoms with Crippen LogP contribution in [-0.4, -0.2) is 49.4 Å². The molecular weight excluding hydrogens is 364 g/mol. The molecule has 1 aromatic carbocycles. The minimum Gasteiger partial charge on any atom is -0.331 e. The van der Waals surface area contributed by atoms with E-state index in [0.717, 1.165) is 29.8 Å². The van der Waals surface area contributed by atoms with Gasteiger partial charge >= 0.3 is 6.03 Å². The number of amides is 2. The van der Waals surface area contributed by atoms with Crippen molar-refractivity contribution in [1.29, 1.82) is 0 Å². The van der Waals surface area contributed by atoms with Crippen LogP contribution in [0.3, 0.4) is 0 Å². The summed E-state index contributed by atoms with van der Waals surface area (Å²) in [4.78, 5) is 14.3. The molecule has 0 aliphatic heterocycles. The Labute approximate surface area is 161 Å². The first kappa shape index (κ1) is 21.0. The first-order valence-electron chi connectivity index (χ1n) is 8.91. The normalized spacial score (nSPS) is 12.6. The fourth-order valence-electron chi connectivity index (χ4n) is 2.92. The van der Waals surface area contributed by atoms with Gasteiger partial charge in [-0.25, -0.2) is 13.2 Å². The van der Waals surface area contributed by atoms with Gasteiger partial charge in [0.15, 0.2) is 9.84 Å². The first-order chi connectivity index (χ1) is 12.6. The van der Waals surface area contributed by atoms with Crippen molar-refractivity contribution >= 4 is 15.9 Å². The van der Waals surface area contributed by atoms with Gasteiger partial charge in [0, 0.05) is 25.5 Å². The number of nitrogens with zero attached hydrogens (tertiary/aromatic N) is 2. The van der Waals surface area contributed by atoms with Crippen molar-refractivity contribution in [3.05, 3.63) is 46.8 Å². The molecule has 0 spiro atoms. The number of benzene rings is 1. The lowest BCUT2D eigenvalue weighted by Crippen LogP contribution is -2.39. The summed E-state index contributed by atoms with van der Waals surface area (Å²) in [5.74, 6) is 0. The molecule has 1 heterocycles. The molecule has 8 heteroatoms. The van der Waals surface area contributed by atoms with Crippen molar-refractivity contribution in [3.8, 4) is 0 Å². The predicted octanol–water partition coefficient (Wildman–Crippen LogP) is 2.77. The molecule has 0 bridgehead atoms. The lowest BCUT2D eigenvalue weighted by molar-refractivity contribution is 0.205. The molecule has 148 valence electrons.